The molecule has 3 heteroatoms. The van der Waals surface area contributed by atoms with Crippen LogP contribution in [0.2, 0.25) is 24.2 Å². The second-order valence-corrected chi connectivity index (χ2v) is 13.4. The van der Waals surface area contributed by atoms with Gasteiger partial charge in [-0.2, -0.15) is 0 Å². The lowest BCUT2D eigenvalue weighted by atomic mass is 10.1. The largest absolute Gasteiger partial charge is 0.465 e. The zero-order chi connectivity index (χ0) is 19.3. The van der Waals surface area contributed by atoms with Crippen LogP contribution in [0.4, 0.5) is 0 Å². The molecule has 0 fully saturated rings. The van der Waals surface area contributed by atoms with Gasteiger partial charge in [0.2, 0.25) is 0 Å². The van der Waals surface area contributed by atoms with Gasteiger partial charge in [-0.05, 0) is 63.1 Å². The third-order valence-corrected chi connectivity index (χ3v) is 11.0. The van der Waals surface area contributed by atoms with E-state index in [0.717, 1.165) is 11.5 Å². The van der Waals surface area contributed by atoms with Crippen molar-refractivity contribution >= 4 is 19.2 Å². The second-order valence-electron chi connectivity index (χ2n) is 8.57. The second kappa shape index (κ2) is 6.41. The molecule has 0 spiro atoms. The summed E-state index contributed by atoms with van der Waals surface area (Å²) in [6, 6.07) is 8.18. The van der Waals surface area contributed by atoms with Crippen LogP contribution in [0.25, 0.3) is 11.1 Å². The Labute approximate surface area is 163 Å². The minimum absolute atomic E-state index is 0.438. The van der Waals surface area contributed by atoms with Crippen molar-refractivity contribution in [3.05, 3.63) is 82.8 Å². The first-order chi connectivity index (χ1) is 12.8. The smallest absolute Gasteiger partial charge is 0.130 e. The average Bonchev–Trinajstić information content (AvgIpc) is 3.38. The highest BCUT2D eigenvalue weighted by atomic mass is 28.3. The third kappa shape index (κ3) is 2.76. The maximum absolute atomic E-state index is 5.83. The first kappa shape index (κ1) is 18.1. The molecular formula is C24H28O2Si. The summed E-state index contributed by atoms with van der Waals surface area (Å²) in [6.07, 6.45) is 8.24. The Morgan fingerprint density at radius 1 is 0.704 bits per heavy atom. The van der Waals surface area contributed by atoms with Crippen LogP contribution in [0.5, 0.6) is 0 Å². The monoisotopic (exact) mass is 376 g/mol. The van der Waals surface area contributed by atoms with Crippen molar-refractivity contribution in [2.45, 2.75) is 51.9 Å². The summed E-state index contributed by atoms with van der Waals surface area (Å²) in [5.74, 6) is 2.02. The van der Waals surface area contributed by atoms with Gasteiger partial charge in [0.05, 0.1) is 20.6 Å². The predicted octanol–water partition coefficient (Wildman–Crippen LogP) is 7.49. The van der Waals surface area contributed by atoms with Gasteiger partial charge < -0.3 is 8.83 Å². The summed E-state index contributed by atoms with van der Waals surface area (Å²) in [6.45, 7) is 14.1. The molecule has 0 amide bonds. The van der Waals surface area contributed by atoms with Crippen molar-refractivity contribution in [1.29, 1.82) is 0 Å². The Morgan fingerprint density at radius 2 is 1.11 bits per heavy atom. The van der Waals surface area contributed by atoms with Gasteiger partial charge in [0.15, 0.2) is 0 Å². The van der Waals surface area contributed by atoms with E-state index in [9.17, 15) is 0 Å². The Kier molecular flexibility index (Phi) is 4.30. The highest BCUT2D eigenvalue weighted by Crippen LogP contribution is 2.58. The van der Waals surface area contributed by atoms with Crippen LogP contribution in [0.1, 0.15) is 39.2 Å². The molecule has 0 N–H and O–H groups in total. The molecule has 2 aromatic rings. The lowest BCUT2D eigenvalue weighted by Crippen LogP contribution is -2.39. The van der Waals surface area contributed by atoms with E-state index in [1.165, 1.54) is 33.4 Å². The van der Waals surface area contributed by atoms with Gasteiger partial charge in [-0.1, -0.05) is 47.5 Å². The van der Waals surface area contributed by atoms with E-state index in [0.29, 0.717) is 11.1 Å². The molecule has 27 heavy (non-hydrogen) atoms. The molecule has 0 saturated heterocycles. The van der Waals surface area contributed by atoms with Crippen LogP contribution in [0, 0.1) is 0 Å². The lowest BCUT2D eigenvalue weighted by molar-refractivity contribution is 0.550. The minimum atomic E-state index is -1.86. The third-order valence-electron chi connectivity index (χ3n) is 6.58. The van der Waals surface area contributed by atoms with Crippen molar-refractivity contribution in [3.63, 3.8) is 0 Å². The van der Waals surface area contributed by atoms with Gasteiger partial charge in [-0.25, -0.2) is 0 Å². The van der Waals surface area contributed by atoms with Crippen molar-refractivity contribution < 1.29 is 8.83 Å². The van der Waals surface area contributed by atoms with Crippen molar-refractivity contribution in [1.82, 2.24) is 0 Å². The molecule has 4 rings (SSSR count). The van der Waals surface area contributed by atoms with Crippen molar-refractivity contribution in [2.24, 2.45) is 0 Å². The standard InChI is InChI=1S/C24H28O2Si/c1-15-13-19(21-9-7-11-25-21)23(17(15)3)27(5,6)24-18(4)16(2)14-20(24)22-10-8-12-26-22/h7-14,23-24H,1-6H3. The molecular weight excluding hydrogens is 348 g/mol. The number of rotatable bonds is 4. The predicted molar refractivity (Wildman–Crippen MR) is 115 cm³/mol. The molecule has 2 aliphatic carbocycles. The van der Waals surface area contributed by atoms with E-state index in [4.69, 9.17) is 8.83 Å². The minimum Gasteiger partial charge on any atom is -0.465 e. The Morgan fingerprint density at radius 3 is 1.44 bits per heavy atom. The van der Waals surface area contributed by atoms with Gasteiger partial charge in [-0.3, -0.25) is 0 Å². The molecule has 0 aliphatic heterocycles. The van der Waals surface area contributed by atoms with Crippen LogP contribution in [-0.2, 0) is 0 Å². The van der Waals surface area contributed by atoms with Crippen molar-refractivity contribution in [2.75, 3.05) is 0 Å². The Balaban J connectivity index is 1.82. The molecule has 2 aromatic heterocycles. The summed E-state index contributed by atoms with van der Waals surface area (Å²) in [5, 5.41) is 0. The molecule has 0 radical (unpaired) electrons. The molecule has 0 aromatic carbocycles. The van der Waals surface area contributed by atoms with Crippen LogP contribution >= 0.6 is 0 Å². The van der Waals surface area contributed by atoms with Crippen LogP contribution in [0.15, 0.2) is 80.1 Å². The van der Waals surface area contributed by atoms with E-state index < -0.39 is 8.07 Å². The summed E-state index contributed by atoms with van der Waals surface area (Å²) in [5.41, 5.74) is 9.33. The fourth-order valence-electron chi connectivity index (χ4n) is 5.18. The van der Waals surface area contributed by atoms with E-state index in [1.54, 1.807) is 12.5 Å². The lowest BCUT2D eigenvalue weighted by Gasteiger charge is -2.40. The van der Waals surface area contributed by atoms with Crippen LogP contribution in [0.3, 0.4) is 0 Å². The fourth-order valence-corrected chi connectivity index (χ4v) is 10.3. The molecule has 2 unspecified atom stereocenters. The summed E-state index contributed by atoms with van der Waals surface area (Å²) >= 11 is 0. The first-order valence-electron chi connectivity index (χ1n) is 9.68. The molecule has 140 valence electrons. The van der Waals surface area contributed by atoms with Gasteiger partial charge in [-0.15, -0.1) is 0 Å². The highest BCUT2D eigenvalue weighted by molar-refractivity contribution is 6.85. The Hall–Kier alpha value is -2.26. The normalized spacial score (nSPS) is 23.3. The number of hydrogen-bond acceptors (Lipinski definition) is 2. The first-order valence-corrected chi connectivity index (χ1v) is 12.8. The Bertz CT molecular complexity index is 899. The van der Waals surface area contributed by atoms with E-state index in [1.807, 2.05) is 12.1 Å². The molecule has 2 nitrogen and oxygen atoms in total. The zero-order valence-corrected chi connectivity index (χ0v) is 18.1. The maximum Gasteiger partial charge on any atom is 0.130 e. The van der Waals surface area contributed by atoms with Gasteiger partial charge >= 0.3 is 0 Å². The maximum atomic E-state index is 5.83. The molecule has 0 bridgehead atoms. The topological polar surface area (TPSA) is 26.3 Å². The highest BCUT2D eigenvalue weighted by Gasteiger charge is 2.48. The molecule has 2 aliphatic rings. The molecule has 2 atom stereocenters. The number of furan rings is 2. The number of allylic oxidation sites excluding steroid dienone is 8. The van der Waals surface area contributed by atoms with Crippen molar-refractivity contribution in [3.8, 4) is 0 Å². The quantitative estimate of drug-likeness (QED) is 0.517. The van der Waals surface area contributed by atoms with Gasteiger partial charge in [0, 0.05) is 11.1 Å². The molecule has 0 saturated carbocycles. The zero-order valence-electron chi connectivity index (χ0n) is 17.1. The van der Waals surface area contributed by atoms with E-state index in [-0.39, 0.29) is 0 Å². The SMILES string of the molecule is CC1=C(C)C([Si](C)(C)C2C(c3ccco3)=CC(C)=C2C)C(c2ccco2)=C1. The average molecular weight is 377 g/mol. The van der Waals surface area contributed by atoms with E-state index in [2.05, 4.69) is 65.1 Å². The van der Waals surface area contributed by atoms with Crippen LogP contribution in [-0.4, -0.2) is 8.07 Å². The summed E-state index contributed by atoms with van der Waals surface area (Å²) < 4.78 is 11.7. The summed E-state index contributed by atoms with van der Waals surface area (Å²) in [4.78, 5) is 0. The van der Waals surface area contributed by atoms with Gasteiger partial charge in [0.25, 0.3) is 0 Å². The van der Waals surface area contributed by atoms with E-state index >= 15 is 0 Å². The van der Waals surface area contributed by atoms with Crippen LogP contribution < -0.4 is 0 Å². The number of hydrogen-bond donors (Lipinski definition) is 0. The summed E-state index contributed by atoms with van der Waals surface area (Å²) in [7, 11) is -1.86. The van der Waals surface area contributed by atoms with Gasteiger partial charge in [0.1, 0.15) is 11.5 Å². The molecule has 2 heterocycles. The fraction of sp³-hybridized carbons (Fsp3) is 0.333.